The van der Waals surface area contributed by atoms with Gasteiger partial charge in [-0.25, -0.2) is 9.78 Å². The number of aromatic amines is 1. The molecular formula is C27H20N6O4. The number of carbonyl (C=O) groups is 1. The molecule has 0 saturated carbocycles. The molecule has 10 heteroatoms. The summed E-state index contributed by atoms with van der Waals surface area (Å²) in [5.41, 5.74) is 1.80. The Morgan fingerprint density at radius 1 is 0.919 bits per heavy atom. The number of hydrogen-bond acceptors (Lipinski definition) is 7. The van der Waals surface area contributed by atoms with E-state index in [4.69, 9.17) is 4.74 Å². The van der Waals surface area contributed by atoms with Crippen LogP contribution in [-0.4, -0.2) is 35.1 Å². The zero-order chi connectivity index (χ0) is 25.5. The lowest BCUT2D eigenvalue weighted by Gasteiger charge is -2.10. The standard InChI is InChI=1S/C27H20N6O4/c1-32-25(35)19-11-5-7-13-21(19)33-23(30-31-27(32)33)15-37-26(36)17-9-3-2-8-16(17)14-22-28-20-12-6-4-10-18(20)24(34)29-22/h2-13H,14-15H2,1H3,(H,28,29,34). The van der Waals surface area contributed by atoms with E-state index in [9.17, 15) is 14.4 Å². The quantitative estimate of drug-likeness (QED) is 0.367. The average Bonchev–Trinajstić information content (AvgIpc) is 3.35. The fourth-order valence-corrected chi connectivity index (χ4v) is 4.47. The molecule has 10 nitrogen and oxygen atoms in total. The van der Waals surface area contributed by atoms with Gasteiger partial charge >= 0.3 is 5.97 Å². The van der Waals surface area contributed by atoms with E-state index in [2.05, 4.69) is 20.2 Å². The molecule has 0 saturated heterocycles. The number of benzene rings is 3. The Balaban J connectivity index is 1.30. The minimum Gasteiger partial charge on any atom is -0.454 e. The number of para-hydroxylation sites is 2. The van der Waals surface area contributed by atoms with Crippen molar-refractivity contribution in [3.05, 3.63) is 116 Å². The molecule has 37 heavy (non-hydrogen) atoms. The summed E-state index contributed by atoms with van der Waals surface area (Å²) in [6.45, 7) is -0.151. The van der Waals surface area contributed by atoms with Crippen molar-refractivity contribution in [1.82, 2.24) is 29.1 Å². The maximum Gasteiger partial charge on any atom is 0.338 e. The Bertz CT molecular complexity index is 1950. The van der Waals surface area contributed by atoms with Gasteiger partial charge < -0.3 is 9.72 Å². The largest absolute Gasteiger partial charge is 0.454 e. The van der Waals surface area contributed by atoms with Crippen molar-refractivity contribution in [2.24, 2.45) is 7.05 Å². The van der Waals surface area contributed by atoms with Crippen LogP contribution in [0.25, 0.3) is 27.6 Å². The third kappa shape index (κ3) is 3.84. The molecule has 0 unspecified atom stereocenters. The molecule has 0 spiro atoms. The number of H-pyrrole nitrogens is 1. The van der Waals surface area contributed by atoms with Crippen LogP contribution in [0.1, 0.15) is 27.6 Å². The van der Waals surface area contributed by atoms with Crippen LogP contribution in [0.5, 0.6) is 0 Å². The van der Waals surface area contributed by atoms with E-state index in [0.717, 1.165) is 0 Å². The Hall–Kier alpha value is -5.12. The van der Waals surface area contributed by atoms with E-state index in [-0.39, 0.29) is 24.1 Å². The summed E-state index contributed by atoms with van der Waals surface area (Å²) in [7, 11) is 1.62. The van der Waals surface area contributed by atoms with Gasteiger partial charge in [0, 0.05) is 13.5 Å². The second-order valence-electron chi connectivity index (χ2n) is 8.57. The predicted molar refractivity (Wildman–Crippen MR) is 136 cm³/mol. The molecule has 0 bridgehead atoms. The highest BCUT2D eigenvalue weighted by Gasteiger charge is 2.18. The van der Waals surface area contributed by atoms with Crippen molar-refractivity contribution in [2.45, 2.75) is 13.0 Å². The molecule has 3 aromatic heterocycles. The molecule has 0 amide bonds. The number of aromatic nitrogens is 6. The van der Waals surface area contributed by atoms with Crippen LogP contribution in [0.2, 0.25) is 0 Å². The van der Waals surface area contributed by atoms with Gasteiger partial charge in [0.05, 0.1) is 27.4 Å². The van der Waals surface area contributed by atoms with E-state index in [0.29, 0.717) is 50.4 Å². The molecular weight excluding hydrogens is 472 g/mol. The van der Waals surface area contributed by atoms with Gasteiger partial charge in [0.25, 0.3) is 11.1 Å². The molecule has 182 valence electrons. The lowest BCUT2D eigenvalue weighted by atomic mass is 10.0. The van der Waals surface area contributed by atoms with Crippen LogP contribution >= 0.6 is 0 Å². The molecule has 0 atom stereocenters. The Kier molecular flexibility index (Phi) is 5.33. The summed E-state index contributed by atoms with van der Waals surface area (Å²) in [4.78, 5) is 45.6. The van der Waals surface area contributed by atoms with Crippen LogP contribution in [-0.2, 0) is 24.8 Å². The molecule has 6 rings (SSSR count). The maximum absolute atomic E-state index is 13.1. The van der Waals surface area contributed by atoms with Crippen molar-refractivity contribution in [3.63, 3.8) is 0 Å². The number of aryl methyl sites for hydroxylation is 1. The number of nitrogens with one attached hydrogen (secondary N) is 1. The molecule has 1 N–H and O–H groups in total. The summed E-state index contributed by atoms with van der Waals surface area (Å²) in [5.74, 6) is 0.624. The van der Waals surface area contributed by atoms with Gasteiger partial charge in [-0.05, 0) is 35.9 Å². The first-order valence-corrected chi connectivity index (χ1v) is 11.6. The summed E-state index contributed by atoms with van der Waals surface area (Å²) in [5, 5.41) is 9.31. The second-order valence-corrected chi connectivity index (χ2v) is 8.57. The van der Waals surface area contributed by atoms with Crippen LogP contribution < -0.4 is 11.1 Å². The molecule has 0 aliphatic rings. The Morgan fingerprint density at radius 3 is 2.51 bits per heavy atom. The zero-order valence-electron chi connectivity index (χ0n) is 19.7. The van der Waals surface area contributed by atoms with Crippen LogP contribution in [0.3, 0.4) is 0 Å². The summed E-state index contributed by atoms with van der Waals surface area (Å²) in [6.07, 6.45) is 0.242. The molecule has 0 radical (unpaired) electrons. The summed E-state index contributed by atoms with van der Waals surface area (Å²) < 4.78 is 8.75. The van der Waals surface area contributed by atoms with Gasteiger partial charge in [0.15, 0.2) is 12.4 Å². The van der Waals surface area contributed by atoms with Crippen molar-refractivity contribution in [2.75, 3.05) is 0 Å². The van der Waals surface area contributed by atoms with E-state index in [1.807, 2.05) is 18.2 Å². The van der Waals surface area contributed by atoms with Gasteiger partial charge in [-0.1, -0.05) is 42.5 Å². The Morgan fingerprint density at radius 2 is 1.65 bits per heavy atom. The fraction of sp³-hybridized carbons (Fsp3) is 0.111. The van der Waals surface area contributed by atoms with Crippen molar-refractivity contribution >= 4 is 33.6 Å². The highest BCUT2D eigenvalue weighted by Crippen LogP contribution is 2.18. The molecule has 3 heterocycles. The van der Waals surface area contributed by atoms with E-state index in [1.165, 1.54) is 4.57 Å². The number of esters is 1. The van der Waals surface area contributed by atoms with Crippen molar-refractivity contribution in [1.29, 1.82) is 0 Å². The molecule has 6 aromatic rings. The first-order valence-electron chi connectivity index (χ1n) is 11.6. The molecule has 0 aliphatic heterocycles. The predicted octanol–water partition coefficient (Wildman–Crippen LogP) is 2.77. The monoisotopic (exact) mass is 492 g/mol. The van der Waals surface area contributed by atoms with Gasteiger partial charge in [-0.15, -0.1) is 10.2 Å². The number of carbonyl (C=O) groups excluding carboxylic acids is 1. The minimum atomic E-state index is -0.551. The summed E-state index contributed by atoms with van der Waals surface area (Å²) in [6, 6.07) is 21.2. The van der Waals surface area contributed by atoms with Crippen LogP contribution in [0, 0.1) is 0 Å². The third-order valence-electron chi connectivity index (χ3n) is 6.28. The summed E-state index contributed by atoms with van der Waals surface area (Å²) >= 11 is 0. The molecule has 0 aliphatic carbocycles. The average molecular weight is 492 g/mol. The SMILES string of the molecule is Cn1c(=O)c2ccccc2n2c(COC(=O)c3ccccc3Cc3nc4ccccc4c(=O)[nH]3)nnc12. The Labute approximate surface area is 208 Å². The van der Waals surface area contributed by atoms with E-state index < -0.39 is 5.97 Å². The number of ether oxygens (including phenoxy) is 1. The smallest absolute Gasteiger partial charge is 0.338 e. The lowest BCUT2D eigenvalue weighted by molar-refractivity contribution is 0.0460. The van der Waals surface area contributed by atoms with Gasteiger partial charge in [-0.2, -0.15) is 0 Å². The maximum atomic E-state index is 13.1. The highest BCUT2D eigenvalue weighted by molar-refractivity contribution is 5.91. The van der Waals surface area contributed by atoms with Crippen LogP contribution in [0.4, 0.5) is 0 Å². The van der Waals surface area contributed by atoms with E-state index in [1.54, 1.807) is 66.0 Å². The van der Waals surface area contributed by atoms with E-state index >= 15 is 0 Å². The lowest BCUT2D eigenvalue weighted by Crippen LogP contribution is -2.20. The van der Waals surface area contributed by atoms with Gasteiger partial charge in [0.2, 0.25) is 5.78 Å². The van der Waals surface area contributed by atoms with Gasteiger partial charge in [0.1, 0.15) is 5.82 Å². The fourth-order valence-electron chi connectivity index (χ4n) is 4.47. The first kappa shape index (κ1) is 22.4. The first-order chi connectivity index (χ1) is 18.0. The number of rotatable bonds is 5. The molecule has 3 aromatic carbocycles. The minimum absolute atomic E-state index is 0.151. The zero-order valence-corrected chi connectivity index (χ0v) is 19.7. The normalized spacial score (nSPS) is 11.4. The van der Waals surface area contributed by atoms with Crippen molar-refractivity contribution in [3.8, 4) is 0 Å². The number of fused-ring (bicyclic) bond motifs is 4. The molecule has 0 fully saturated rings. The number of hydrogen-bond donors (Lipinski definition) is 1. The highest BCUT2D eigenvalue weighted by atomic mass is 16.5. The second kappa shape index (κ2) is 8.83. The van der Waals surface area contributed by atoms with Crippen molar-refractivity contribution < 1.29 is 9.53 Å². The van der Waals surface area contributed by atoms with Gasteiger partial charge in [-0.3, -0.25) is 18.6 Å². The van der Waals surface area contributed by atoms with Crippen LogP contribution in [0.15, 0.2) is 82.4 Å². The number of nitrogens with zero attached hydrogens (tertiary/aromatic N) is 5. The topological polar surface area (TPSA) is 124 Å². The third-order valence-corrected chi connectivity index (χ3v) is 6.28.